The first-order valence-electron chi connectivity index (χ1n) is 6.19. The van der Waals surface area contributed by atoms with Gasteiger partial charge in [0.1, 0.15) is 0 Å². The van der Waals surface area contributed by atoms with Crippen LogP contribution in [-0.4, -0.2) is 28.3 Å². The molecule has 0 fully saturated rings. The number of rotatable bonds is 7. The number of nitrogens with zero attached hydrogens (tertiary/aromatic N) is 2. The maximum absolute atomic E-state index is 4.21. The van der Waals surface area contributed by atoms with Crippen LogP contribution in [-0.2, 0) is 6.54 Å². The summed E-state index contributed by atoms with van der Waals surface area (Å²) >= 11 is 1.90. The van der Waals surface area contributed by atoms with Crippen LogP contribution in [0.1, 0.15) is 12.0 Å². The molecule has 0 unspecified atom stereocenters. The topological polar surface area (TPSA) is 29.9 Å². The standard InChI is InChI=1S/C14H19N3S/c1-18-11-3-8-15-12-13-4-6-14(7-5-13)17-10-2-9-16-17/h2,4-7,9-10,15H,3,8,11-12H2,1H3. The van der Waals surface area contributed by atoms with Gasteiger partial charge in [-0.2, -0.15) is 16.9 Å². The first-order chi connectivity index (χ1) is 8.90. The summed E-state index contributed by atoms with van der Waals surface area (Å²) in [6.07, 6.45) is 7.12. The van der Waals surface area contributed by atoms with Gasteiger partial charge in [0.25, 0.3) is 0 Å². The van der Waals surface area contributed by atoms with Crippen molar-refractivity contribution in [2.45, 2.75) is 13.0 Å². The van der Waals surface area contributed by atoms with E-state index < -0.39 is 0 Å². The minimum Gasteiger partial charge on any atom is -0.313 e. The van der Waals surface area contributed by atoms with E-state index in [1.807, 2.05) is 28.7 Å². The van der Waals surface area contributed by atoms with Crippen molar-refractivity contribution in [1.82, 2.24) is 15.1 Å². The summed E-state index contributed by atoms with van der Waals surface area (Å²) in [5, 5.41) is 7.67. The molecule has 4 heteroatoms. The minimum absolute atomic E-state index is 0.938. The van der Waals surface area contributed by atoms with E-state index in [1.165, 1.54) is 17.7 Å². The molecular weight excluding hydrogens is 242 g/mol. The van der Waals surface area contributed by atoms with E-state index in [2.05, 4.69) is 40.9 Å². The van der Waals surface area contributed by atoms with Gasteiger partial charge < -0.3 is 5.32 Å². The number of aromatic nitrogens is 2. The number of nitrogens with one attached hydrogen (secondary N) is 1. The fourth-order valence-electron chi connectivity index (χ4n) is 1.76. The lowest BCUT2D eigenvalue weighted by Gasteiger charge is -2.06. The minimum atomic E-state index is 0.938. The molecule has 0 saturated carbocycles. The van der Waals surface area contributed by atoms with Crippen LogP contribution < -0.4 is 5.32 Å². The van der Waals surface area contributed by atoms with Crippen molar-refractivity contribution in [1.29, 1.82) is 0 Å². The highest BCUT2D eigenvalue weighted by molar-refractivity contribution is 7.98. The summed E-state index contributed by atoms with van der Waals surface area (Å²) in [7, 11) is 0. The molecular formula is C14H19N3S. The quantitative estimate of drug-likeness (QED) is 0.777. The highest BCUT2D eigenvalue weighted by Gasteiger charge is 1.96. The zero-order valence-corrected chi connectivity index (χ0v) is 11.5. The Bertz CT molecular complexity index is 437. The van der Waals surface area contributed by atoms with E-state index in [-0.39, 0.29) is 0 Å². The van der Waals surface area contributed by atoms with E-state index in [9.17, 15) is 0 Å². The lowest BCUT2D eigenvalue weighted by molar-refractivity contribution is 0.679. The fourth-order valence-corrected chi connectivity index (χ4v) is 2.20. The fraction of sp³-hybridized carbons (Fsp3) is 0.357. The number of thioether (sulfide) groups is 1. The number of hydrogen-bond donors (Lipinski definition) is 1. The highest BCUT2D eigenvalue weighted by Crippen LogP contribution is 2.08. The van der Waals surface area contributed by atoms with Gasteiger partial charge in [-0.1, -0.05) is 12.1 Å². The lowest BCUT2D eigenvalue weighted by Crippen LogP contribution is -2.15. The van der Waals surface area contributed by atoms with Crippen molar-refractivity contribution in [3.63, 3.8) is 0 Å². The maximum atomic E-state index is 4.21. The second-order valence-electron chi connectivity index (χ2n) is 4.14. The van der Waals surface area contributed by atoms with E-state index in [4.69, 9.17) is 0 Å². The summed E-state index contributed by atoms with van der Waals surface area (Å²) in [5.74, 6) is 1.23. The summed E-state index contributed by atoms with van der Waals surface area (Å²) in [4.78, 5) is 0. The molecule has 0 bridgehead atoms. The van der Waals surface area contributed by atoms with Gasteiger partial charge >= 0.3 is 0 Å². The molecule has 0 aliphatic carbocycles. The monoisotopic (exact) mass is 261 g/mol. The Balaban J connectivity index is 1.81. The van der Waals surface area contributed by atoms with E-state index in [1.54, 1.807) is 6.20 Å². The number of benzene rings is 1. The Morgan fingerprint density at radius 2 is 2.11 bits per heavy atom. The predicted molar refractivity (Wildman–Crippen MR) is 78.3 cm³/mol. The van der Waals surface area contributed by atoms with Gasteiger partial charge in [0.2, 0.25) is 0 Å². The van der Waals surface area contributed by atoms with Crippen molar-refractivity contribution >= 4 is 11.8 Å². The Hall–Kier alpha value is -1.26. The van der Waals surface area contributed by atoms with Gasteiger partial charge in [0.05, 0.1) is 5.69 Å². The molecule has 3 nitrogen and oxygen atoms in total. The van der Waals surface area contributed by atoms with E-state index in [0.29, 0.717) is 0 Å². The largest absolute Gasteiger partial charge is 0.313 e. The first-order valence-corrected chi connectivity index (χ1v) is 7.58. The first kappa shape index (κ1) is 13.2. The molecule has 0 aliphatic heterocycles. The Kier molecular flexibility index (Phi) is 5.30. The molecule has 96 valence electrons. The lowest BCUT2D eigenvalue weighted by atomic mass is 10.2. The van der Waals surface area contributed by atoms with Gasteiger partial charge in [-0.25, -0.2) is 4.68 Å². The SMILES string of the molecule is CSCCCNCc1ccc(-n2cccn2)cc1. The third-order valence-corrected chi connectivity index (χ3v) is 3.43. The molecule has 0 spiro atoms. The third-order valence-electron chi connectivity index (χ3n) is 2.74. The van der Waals surface area contributed by atoms with Crippen LogP contribution in [0.25, 0.3) is 5.69 Å². The van der Waals surface area contributed by atoms with Gasteiger partial charge in [-0.15, -0.1) is 0 Å². The van der Waals surface area contributed by atoms with Crippen LogP contribution in [0.3, 0.4) is 0 Å². The van der Waals surface area contributed by atoms with Crippen LogP contribution in [0.4, 0.5) is 0 Å². The van der Waals surface area contributed by atoms with Gasteiger partial charge in [0.15, 0.2) is 0 Å². The van der Waals surface area contributed by atoms with Crippen molar-refractivity contribution in [2.24, 2.45) is 0 Å². The highest BCUT2D eigenvalue weighted by atomic mass is 32.2. The molecule has 0 amide bonds. The average Bonchev–Trinajstić information content (AvgIpc) is 2.93. The van der Waals surface area contributed by atoms with Gasteiger partial charge in [0, 0.05) is 18.9 Å². The molecule has 1 aromatic carbocycles. The van der Waals surface area contributed by atoms with Gasteiger partial charge in [-0.3, -0.25) is 0 Å². The van der Waals surface area contributed by atoms with Crippen LogP contribution in [0, 0.1) is 0 Å². The molecule has 1 N–H and O–H groups in total. The molecule has 0 atom stereocenters. The Labute approximate surface area is 113 Å². The van der Waals surface area contributed by atoms with E-state index >= 15 is 0 Å². The van der Waals surface area contributed by atoms with Gasteiger partial charge in [-0.05, 0) is 48.7 Å². The van der Waals surface area contributed by atoms with Crippen molar-refractivity contribution in [2.75, 3.05) is 18.6 Å². The molecule has 2 rings (SSSR count). The normalized spacial score (nSPS) is 10.7. The second kappa shape index (κ2) is 7.24. The predicted octanol–water partition coefficient (Wildman–Crippen LogP) is 2.72. The van der Waals surface area contributed by atoms with Crippen molar-refractivity contribution in [3.8, 4) is 5.69 Å². The zero-order valence-electron chi connectivity index (χ0n) is 10.7. The molecule has 0 saturated heterocycles. The molecule has 18 heavy (non-hydrogen) atoms. The van der Waals surface area contributed by atoms with Crippen molar-refractivity contribution < 1.29 is 0 Å². The second-order valence-corrected chi connectivity index (χ2v) is 5.13. The summed E-state index contributed by atoms with van der Waals surface area (Å²) in [6.45, 7) is 2.02. The molecule has 1 heterocycles. The number of hydrogen-bond acceptors (Lipinski definition) is 3. The summed E-state index contributed by atoms with van der Waals surface area (Å²) < 4.78 is 1.87. The van der Waals surface area contributed by atoms with Crippen LogP contribution in [0.2, 0.25) is 0 Å². The maximum Gasteiger partial charge on any atom is 0.0645 e. The van der Waals surface area contributed by atoms with Crippen LogP contribution >= 0.6 is 11.8 Å². The third kappa shape index (κ3) is 3.89. The Morgan fingerprint density at radius 1 is 1.28 bits per heavy atom. The molecule has 1 aromatic heterocycles. The van der Waals surface area contributed by atoms with E-state index in [0.717, 1.165) is 18.8 Å². The van der Waals surface area contributed by atoms with Crippen LogP contribution in [0.15, 0.2) is 42.7 Å². The average molecular weight is 261 g/mol. The smallest absolute Gasteiger partial charge is 0.0645 e. The van der Waals surface area contributed by atoms with Crippen molar-refractivity contribution in [3.05, 3.63) is 48.3 Å². The summed E-state index contributed by atoms with van der Waals surface area (Å²) in [5.41, 5.74) is 2.42. The Morgan fingerprint density at radius 3 is 2.78 bits per heavy atom. The van der Waals surface area contributed by atoms with Crippen LogP contribution in [0.5, 0.6) is 0 Å². The molecule has 0 aliphatic rings. The molecule has 2 aromatic rings. The summed E-state index contributed by atoms with van der Waals surface area (Å²) in [6, 6.07) is 10.4. The molecule has 0 radical (unpaired) electrons. The zero-order chi connectivity index (χ0) is 12.6.